The first kappa shape index (κ1) is 18.8. The Morgan fingerprint density at radius 3 is 2.68 bits per heavy atom. The van der Waals surface area contributed by atoms with Gasteiger partial charge >= 0.3 is 0 Å². The lowest BCUT2D eigenvalue weighted by atomic mass is 10.1. The molecule has 1 amide bonds. The maximum Gasteiger partial charge on any atom is 0.287 e. The number of aromatic amines is 2. The van der Waals surface area contributed by atoms with E-state index in [1.807, 2.05) is 55.5 Å². The Hall–Kier alpha value is -4.20. The Balaban J connectivity index is 1.46. The van der Waals surface area contributed by atoms with Gasteiger partial charge in [-0.05, 0) is 30.7 Å². The summed E-state index contributed by atoms with van der Waals surface area (Å²) >= 11 is 0. The minimum absolute atomic E-state index is 0.130. The number of rotatable bonds is 5. The Morgan fingerprint density at radius 1 is 1.10 bits per heavy atom. The molecule has 0 aliphatic heterocycles. The molecule has 0 radical (unpaired) electrons. The Labute approximate surface area is 177 Å². The van der Waals surface area contributed by atoms with Crippen molar-refractivity contribution < 1.29 is 9.53 Å². The fraction of sp³-hybridized carbons (Fsp3) is 0.130. The number of aromatic nitrogens is 5. The molecule has 2 aromatic carbocycles. The van der Waals surface area contributed by atoms with Crippen LogP contribution in [0.5, 0.6) is 5.88 Å². The summed E-state index contributed by atoms with van der Waals surface area (Å²) in [4.78, 5) is 24.6. The van der Waals surface area contributed by atoms with Crippen LogP contribution in [0, 0.1) is 0 Å². The van der Waals surface area contributed by atoms with Gasteiger partial charge in [0.1, 0.15) is 5.69 Å². The molecule has 0 aliphatic carbocycles. The Morgan fingerprint density at radius 2 is 1.94 bits per heavy atom. The molecule has 154 valence electrons. The van der Waals surface area contributed by atoms with Gasteiger partial charge in [-0.25, -0.2) is 9.97 Å². The molecule has 0 saturated heterocycles. The fourth-order valence-electron chi connectivity index (χ4n) is 3.58. The third-order valence-electron chi connectivity index (χ3n) is 5.25. The molecule has 0 bridgehead atoms. The number of benzene rings is 2. The van der Waals surface area contributed by atoms with Gasteiger partial charge in [0.25, 0.3) is 5.91 Å². The summed E-state index contributed by atoms with van der Waals surface area (Å²) in [6.45, 7) is 1.94. The van der Waals surface area contributed by atoms with Crippen molar-refractivity contribution in [1.82, 2.24) is 30.5 Å². The Kier molecular flexibility index (Phi) is 4.59. The lowest BCUT2D eigenvalue weighted by molar-refractivity contribution is 0.0930. The number of pyridine rings is 1. The number of nitrogens with one attached hydrogen (secondary N) is 3. The molecule has 0 saturated carbocycles. The molecule has 5 aromatic rings. The third-order valence-corrected chi connectivity index (χ3v) is 5.25. The van der Waals surface area contributed by atoms with E-state index < -0.39 is 0 Å². The molecule has 31 heavy (non-hydrogen) atoms. The van der Waals surface area contributed by atoms with E-state index in [-0.39, 0.29) is 17.8 Å². The highest BCUT2D eigenvalue weighted by Crippen LogP contribution is 2.29. The zero-order valence-corrected chi connectivity index (χ0v) is 17.0. The van der Waals surface area contributed by atoms with Crippen LogP contribution in [-0.4, -0.2) is 38.2 Å². The maximum absolute atomic E-state index is 12.7. The smallest absolute Gasteiger partial charge is 0.287 e. The monoisotopic (exact) mass is 412 g/mol. The van der Waals surface area contributed by atoms with E-state index >= 15 is 0 Å². The predicted octanol–water partition coefficient (Wildman–Crippen LogP) is 4.00. The number of hydrogen-bond donors (Lipinski definition) is 3. The first-order valence-electron chi connectivity index (χ1n) is 9.86. The summed E-state index contributed by atoms with van der Waals surface area (Å²) in [6, 6.07) is 17.2. The minimum Gasteiger partial charge on any atom is -0.481 e. The molecule has 0 fully saturated rings. The van der Waals surface area contributed by atoms with Crippen LogP contribution in [0.25, 0.3) is 33.2 Å². The number of methoxy groups -OCH3 is 1. The van der Waals surface area contributed by atoms with E-state index in [0.29, 0.717) is 11.4 Å². The van der Waals surface area contributed by atoms with Crippen molar-refractivity contribution in [2.45, 2.75) is 13.0 Å². The summed E-state index contributed by atoms with van der Waals surface area (Å²) in [6.07, 6.45) is 1.72. The van der Waals surface area contributed by atoms with Crippen molar-refractivity contribution in [2.75, 3.05) is 7.11 Å². The van der Waals surface area contributed by atoms with Crippen LogP contribution < -0.4 is 10.1 Å². The van der Waals surface area contributed by atoms with Crippen molar-refractivity contribution >= 4 is 27.8 Å². The topological polar surface area (TPSA) is 109 Å². The second-order valence-corrected chi connectivity index (χ2v) is 7.27. The second-order valence-electron chi connectivity index (χ2n) is 7.27. The number of H-pyrrole nitrogens is 2. The minimum atomic E-state index is -0.256. The SMILES string of the molecule is COc1ccc(-c2n[nH]c3cc4[nH]c(C(=O)N[C@H](C)c5ccccc5)nc4cc23)cn1. The van der Waals surface area contributed by atoms with E-state index in [4.69, 9.17) is 4.74 Å². The highest BCUT2D eigenvalue weighted by molar-refractivity contribution is 6.02. The summed E-state index contributed by atoms with van der Waals surface area (Å²) in [5, 5.41) is 11.4. The Bertz CT molecular complexity index is 1370. The van der Waals surface area contributed by atoms with Crippen LogP contribution in [0.4, 0.5) is 0 Å². The first-order chi connectivity index (χ1) is 15.1. The van der Waals surface area contributed by atoms with Gasteiger partial charge in [0.15, 0.2) is 5.82 Å². The van der Waals surface area contributed by atoms with Gasteiger partial charge in [0.05, 0.1) is 29.7 Å². The quantitative estimate of drug-likeness (QED) is 0.404. The first-order valence-corrected chi connectivity index (χ1v) is 9.86. The average molecular weight is 412 g/mol. The zero-order chi connectivity index (χ0) is 21.4. The number of nitrogens with zero attached hydrogens (tertiary/aromatic N) is 3. The number of carbonyl (C=O) groups is 1. The van der Waals surface area contributed by atoms with E-state index in [9.17, 15) is 4.79 Å². The summed E-state index contributed by atoms with van der Waals surface area (Å²) in [5.41, 5.74) is 4.94. The van der Waals surface area contributed by atoms with Gasteiger partial charge in [-0.1, -0.05) is 30.3 Å². The van der Waals surface area contributed by atoms with E-state index in [0.717, 1.165) is 33.2 Å². The van der Waals surface area contributed by atoms with Crippen LogP contribution in [0.2, 0.25) is 0 Å². The van der Waals surface area contributed by atoms with Crippen molar-refractivity contribution in [3.63, 3.8) is 0 Å². The number of carbonyl (C=O) groups excluding carboxylic acids is 1. The van der Waals surface area contributed by atoms with Crippen molar-refractivity contribution in [1.29, 1.82) is 0 Å². The fourth-order valence-corrected chi connectivity index (χ4v) is 3.58. The summed E-state index contributed by atoms with van der Waals surface area (Å²) in [7, 11) is 1.58. The van der Waals surface area contributed by atoms with Gasteiger partial charge in [-0.3, -0.25) is 9.89 Å². The van der Waals surface area contributed by atoms with Crippen LogP contribution in [-0.2, 0) is 0 Å². The third kappa shape index (κ3) is 3.48. The van der Waals surface area contributed by atoms with Gasteiger partial charge in [-0.15, -0.1) is 0 Å². The molecular formula is C23H20N6O2. The van der Waals surface area contributed by atoms with Crippen LogP contribution in [0.3, 0.4) is 0 Å². The summed E-state index contributed by atoms with van der Waals surface area (Å²) in [5.74, 6) is 0.554. The highest BCUT2D eigenvalue weighted by Gasteiger charge is 2.17. The largest absolute Gasteiger partial charge is 0.481 e. The van der Waals surface area contributed by atoms with Crippen LogP contribution in [0.1, 0.15) is 29.1 Å². The van der Waals surface area contributed by atoms with Crippen molar-refractivity contribution in [3.8, 4) is 17.1 Å². The molecule has 3 aromatic heterocycles. The van der Waals surface area contributed by atoms with Gasteiger partial charge in [-0.2, -0.15) is 5.10 Å². The maximum atomic E-state index is 12.7. The number of ether oxygens (including phenoxy) is 1. The molecule has 0 unspecified atom stereocenters. The molecule has 8 nitrogen and oxygen atoms in total. The molecule has 5 rings (SSSR count). The molecule has 1 atom stereocenters. The molecule has 0 spiro atoms. The predicted molar refractivity (Wildman–Crippen MR) is 118 cm³/mol. The van der Waals surface area contributed by atoms with E-state index in [2.05, 4.69) is 30.5 Å². The lowest BCUT2D eigenvalue weighted by Crippen LogP contribution is -2.27. The van der Waals surface area contributed by atoms with Gasteiger partial charge < -0.3 is 15.0 Å². The van der Waals surface area contributed by atoms with E-state index in [1.54, 1.807) is 19.4 Å². The number of hydrogen-bond acceptors (Lipinski definition) is 5. The molecule has 3 N–H and O–H groups in total. The number of amides is 1. The highest BCUT2D eigenvalue weighted by atomic mass is 16.5. The van der Waals surface area contributed by atoms with E-state index in [1.165, 1.54) is 0 Å². The lowest BCUT2D eigenvalue weighted by Gasteiger charge is -2.12. The molecule has 3 heterocycles. The zero-order valence-electron chi connectivity index (χ0n) is 17.0. The van der Waals surface area contributed by atoms with Crippen LogP contribution in [0.15, 0.2) is 60.8 Å². The van der Waals surface area contributed by atoms with Gasteiger partial charge in [0, 0.05) is 23.2 Å². The molecular weight excluding hydrogens is 392 g/mol. The summed E-state index contributed by atoms with van der Waals surface area (Å²) < 4.78 is 5.12. The second kappa shape index (κ2) is 7.56. The number of imidazole rings is 1. The standard InChI is InChI=1S/C23H20N6O2/c1-13(14-6-4-3-5-7-14)25-23(30)22-26-18-10-16-17(11-19(18)27-22)28-29-21(16)15-8-9-20(31-2)24-12-15/h3-13H,1-2H3,(H,25,30)(H,26,27)(H,28,29)/t13-/m1/s1. The van der Waals surface area contributed by atoms with Crippen molar-refractivity contribution in [3.05, 3.63) is 72.2 Å². The van der Waals surface area contributed by atoms with Crippen LogP contribution >= 0.6 is 0 Å². The van der Waals surface area contributed by atoms with Crippen molar-refractivity contribution in [2.24, 2.45) is 0 Å². The molecule has 8 heteroatoms. The normalized spacial score (nSPS) is 12.2. The van der Waals surface area contributed by atoms with Gasteiger partial charge in [0.2, 0.25) is 5.88 Å². The number of fused-ring (bicyclic) bond motifs is 2. The molecule has 0 aliphatic rings. The average Bonchev–Trinajstić information content (AvgIpc) is 3.41.